The first-order valence-corrected chi connectivity index (χ1v) is 12.2. The van der Waals surface area contributed by atoms with Crippen LogP contribution < -0.4 is 0 Å². The van der Waals surface area contributed by atoms with Gasteiger partial charge in [-0.3, -0.25) is 14.4 Å². The normalized spacial score (nSPS) is 38.2. The number of aliphatic hydroxyl groups is 1. The van der Waals surface area contributed by atoms with E-state index < -0.39 is 29.4 Å². The summed E-state index contributed by atoms with van der Waals surface area (Å²) in [5.41, 5.74) is 0.771. The van der Waals surface area contributed by atoms with Crippen molar-refractivity contribution in [2.45, 2.75) is 58.0 Å². The van der Waals surface area contributed by atoms with Gasteiger partial charge < -0.3 is 9.84 Å². The third-order valence-electron chi connectivity index (χ3n) is 9.24. The van der Waals surface area contributed by atoms with Crippen molar-refractivity contribution in [2.75, 3.05) is 6.61 Å². The van der Waals surface area contributed by atoms with Crippen LogP contribution in [0, 0.1) is 22.7 Å². The lowest BCUT2D eigenvalue weighted by Gasteiger charge is -2.53. The zero-order chi connectivity index (χ0) is 24.3. The molecule has 2 fully saturated rings. The van der Waals surface area contributed by atoms with Crippen molar-refractivity contribution >= 4 is 17.5 Å². The second-order valence-electron chi connectivity index (χ2n) is 10.8. The first-order valence-electron chi connectivity index (χ1n) is 12.2. The van der Waals surface area contributed by atoms with Crippen molar-refractivity contribution in [3.05, 3.63) is 71.3 Å². The van der Waals surface area contributed by atoms with Crippen LogP contribution in [0.4, 0.5) is 0 Å². The summed E-state index contributed by atoms with van der Waals surface area (Å²) < 4.78 is 5.08. The lowest BCUT2D eigenvalue weighted by Crippen LogP contribution is -2.57. The molecule has 2 saturated carbocycles. The smallest absolute Gasteiger partial charge is 0.303 e. The number of allylic oxidation sites excluding steroid dienone is 6. The molecule has 0 spiro atoms. The van der Waals surface area contributed by atoms with Crippen molar-refractivity contribution < 1.29 is 24.2 Å². The minimum atomic E-state index is -1.65. The van der Waals surface area contributed by atoms with Crippen molar-refractivity contribution in [1.82, 2.24) is 0 Å². The topological polar surface area (TPSA) is 80.7 Å². The number of carbonyl (C=O) groups is 3. The molecule has 4 aliphatic rings. The van der Waals surface area contributed by atoms with Crippen molar-refractivity contribution in [3.63, 3.8) is 0 Å². The summed E-state index contributed by atoms with van der Waals surface area (Å²) in [6.07, 6.45) is 10.7. The lowest BCUT2D eigenvalue weighted by molar-refractivity contribution is -0.164. The van der Waals surface area contributed by atoms with Crippen LogP contribution in [0.25, 0.3) is 0 Å². The Hall–Kier alpha value is -2.79. The molecule has 5 rings (SSSR count). The monoisotopic (exact) mass is 460 g/mol. The number of carbonyl (C=O) groups excluding carboxylic acids is 3. The first kappa shape index (κ1) is 23.0. The minimum absolute atomic E-state index is 0.0441. The highest BCUT2D eigenvalue weighted by Gasteiger charge is 2.68. The summed E-state index contributed by atoms with van der Waals surface area (Å²) in [5.74, 6) is -0.995. The number of benzene rings is 1. The van der Waals surface area contributed by atoms with Gasteiger partial charge in [-0.05, 0) is 62.2 Å². The molecule has 0 radical (unpaired) electrons. The fourth-order valence-electron chi connectivity index (χ4n) is 7.43. The van der Waals surface area contributed by atoms with Crippen LogP contribution in [-0.4, -0.2) is 34.9 Å². The fraction of sp³-hybridized carbons (Fsp3) is 0.483. The van der Waals surface area contributed by atoms with Gasteiger partial charge in [0.1, 0.15) is 5.60 Å². The van der Waals surface area contributed by atoms with Gasteiger partial charge in [0, 0.05) is 23.7 Å². The van der Waals surface area contributed by atoms with Crippen molar-refractivity contribution in [2.24, 2.45) is 22.7 Å². The summed E-state index contributed by atoms with van der Waals surface area (Å²) in [4.78, 5) is 37.1. The highest BCUT2D eigenvalue weighted by Crippen LogP contribution is 2.68. The average molecular weight is 461 g/mol. The highest BCUT2D eigenvalue weighted by molar-refractivity contribution is 6.01. The number of hydrogen-bond acceptors (Lipinski definition) is 5. The Bertz CT molecular complexity index is 1140. The van der Waals surface area contributed by atoms with Crippen LogP contribution in [0.1, 0.15) is 57.9 Å². The largest absolute Gasteiger partial charge is 0.458 e. The third kappa shape index (κ3) is 3.13. The maximum atomic E-state index is 13.6. The third-order valence-corrected chi connectivity index (χ3v) is 9.24. The van der Waals surface area contributed by atoms with Crippen LogP contribution in [0.15, 0.2) is 65.8 Å². The standard InChI is InChI=1S/C29H32O5/c1-18(30)34-17-26(32)29(33)24(19-7-5-4-6-8-19)16-25-22-10-9-20-15-21(31)11-13-27(20,2)23(22)12-14-28(25,29)3/h4-8,11-13,15,22,24-25,33H,9-10,14,16-17H2,1-3H3/t22?,24-,25?,27-,28-,29-/m0/s1. The van der Waals surface area contributed by atoms with Gasteiger partial charge in [0.05, 0.1) is 0 Å². The van der Waals surface area contributed by atoms with E-state index in [1.54, 1.807) is 12.2 Å². The highest BCUT2D eigenvalue weighted by atomic mass is 16.5. The Morgan fingerprint density at radius 2 is 1.91 bits per heavy atom. The van der Waals surface area contributed by atoms with Gasteiger partial charge in [0.2, 0.25) is 5.78 Å². The molecule has 0 aliphatic heterocycles. The molecule has 0 bridgehead atoms. The van der Waals surface area contributed by atoms with Crippen LogP contribution >= 0.6 is 0 Å². The molecular weight excluding hydrogens is 428 g/mol. The molecule has 34 heavy (non-hydrogen) atoms. The Balaban J connectivity index is 1.59. The van der Waals surface area contributed by atoms with E-state index >= 15 is 0 Å². The van der Waals surface area contributed by atoms with Gasteiger partial charge in [-0.15, -0.1) is 0 Å². The molecule has 6 atom stereocenters. The Kier molecular flexibility index (Phi) is 5.32. The lowest BCUT2D eigenvalue weighted by atomic mass is 9.51. The molecular formula is C29H32O5. The van der Waals surface area contributed by atoms with Crippen LogP contribution in [0.3, 0.4) is 0 Å². The number of esters is 1. The second kappa shape index (κ2) is 7.88. The Labute approximate surface area is 200 Å². The van der Waals surface area contributed by atoms with Gasteiger partial charge in [-0.2, -0.15) is 0 Å². The summed E-state index contributed by atoms with van der Waals surface area (Å²) in [6.45, 7) is 5.07. The summed E-state index contributed by atoms with van der Waals surface area (Å²) >= 11 is 0. The van der Waals surface area contributed by atoms with E-state index in [0.29, 0.717) is 12.8 Å². The maximum absolute atomic E-state index is 13.6. The summed E-state index contributed by atoms with van der Waals surface area (Å²) in [7, 11) is 0. The second-order valence-corrected chi connectivity index (χ2v) is 10.8. The minimum Gasteiger partial charge on any atom is -0.458 e. The van der Waals surface area contributed by atoms with Crippen molar-refractivity contribution in [1.29, 1.82) is 0 Å². The van der Waals surface area contributed by atoms with Gasteiger partial charge >= 0.3 is 5.97 Å². The summed E-state index contributed by atoms with van der Waals surface area (Å²) in [5, 5.41) is 12.3. The number of ether oxygens (including phenoxy) is 1. The predicted molar refractivity (Wildman–Crippen MR) is 128 cm³/mol. The molecule has 4 aliphatic carbocycles. The molecule has 0 aromatic heterocycles. The molecule has 1 N–H and O–H groups in total. The van der Waals surface area contributed by atoms with E-state index in [4.69, 9.17) is 4.74 Å². The zero-order valence-corrected chi connectivity index (χ0v) is 20.0. The molecule has 178 valence electrons. The van der Waals surface area contributed by atoms with E-state index in [9.17, 15) is 19.5 Å². The zero-order valence-electron chi connectivity index (χ0n) is 20.0. The maximum Gasteiger partial charge on any atom is 0.303 e. The average Bonchev–Trinajstić information content (AvgIpc) is 3.07. The van der Waals surface area contributed by atoms with E-state index in [1.807, 2.05) is 43.3 Å². The molecule has 1 aromatic carbocycles. The first-order chi connectivity index (χ1) is 16.1. The molecule has 1 aromatic rings. The van der Waals surface area contributed by atoms with Gasteiger partial charge in [-0.25, -0.2) is 0 Å². The number of rotatable bonds is 4. The predicted octanol–water partition coefficient (Wildman–Crippen LogP) is 4.47. The van der Waals surface area contributed by atoms with Crippen LogP contribution in [0.5, 0.6) is 0 Å². The van der Waals surface area contributed by atoms with Gasteiger partial charge in [0.15, 0.2) is 12.4 Å². The summed E-state index contributed by atoms with van der Waals surface area (Å²) in [6, 6.07) is 9.75. The van der Waals surface area contributed by atoms with E-state index in [2.05, 4.69) is 13.0 Å². The van der Waals surface area contributed by atoms with Crippen LogP contribution in [-0.2, 0) is 19.1 Å². The van der Waals surface area contributed by atoms with Crippen LogP contribution in [0.2, 0.25) is 0 Å². The molecule has 5 nitrogen and oxygen atoms in total. The fourth-order valence-corrected chi connectivity index (χ4v) is 7.43. The van der Waals surface area contributed by atoms with E-state index in [0.717, 1.165) is 24.0 Å². The van der Waals surface area contributed by atoms with E-state index in [-0.39, 0.29) is 29.0 Å². The Morgan fingerprint density at radius 3 is 2.62 bits per heavy atom. The molecule has 0 saturated heterocycles. The van der Waals surface area contributed by atoms with Gasteiger partial charge in [-0.1, -0.05) is 60.6 Å². The molecule has 0 heterocycles. The number of Topliss-reactive ketones (excluding diaryl/α,β-unsaturated/α-hetero) is 1. The number of ketones is 2. The van der Waals surface area contributed by atoms with E-state index in [1.165, 1.54) is 12.5 Å². The molecule has 5 heteroatoms. The van der Waals surface area contributed by atoms with Crippen molar-refractivity contribution in [3.8, 4) is 0 Å². The van der Waals surface area contributed by atoms with Gasteiger partial charge in [0.25, 0.3) is 0 Å². The Morgan fingerprint density at radius 1 is 1.18 bits per heavy atom. The molecule has 2 unspecified atom stereocenters. The number of fused-ring (bicyclic) bond motifs is 5. The quantitative estimate of drug-likeness (QED) is 0.530. The SMILES string of the molecule is CC(=O)OCC(=O)[C@@]1(O)[C@H](c2ccccc2)CC2C3CCC4=CC(=O)C=C[C@]4(C)C3=CC[C@@]21C. The number of hydrogen-bond donors (Lipinski definition) is 1. The molecule has 0 amide bonds.